The predicted octanol–water partition coefficient (Wildman–Crippen LogP) is 3.12. The van der Waals surface area contributed by atoms with Crippen LogP contribution in [-0.2, 0) is 0 Å². The van der Waals surface area contributed by atoms with E-state index in [1.165, 1.54) is 30.5 Å². The fourth-order valence-corrected chi connectivity index (χ4v) is 2.68. The van der Waals surface area contributed by atoms with Crippen LogP contribution in [0.5, 0.6) is 0 Å². The van der Waals surface area contributed by atoms with Crippen molar-refractivity contribution < 1.29 is 0 Å². The summed E-state index contributed by atoms with van der Waals surface area (Å²) in [5, 5.41) is 0. The van der Waals surface area contributed by atoms with Crippen LogP contribution in [0.4, 0.5) is 0 Å². The summed E-state index contributed by atoms with van der Waals surface area (Å²) in [5.74, 6) is 0.914. The number of nitrogens with zero attached hydrogens (tertiary/aromatic N) is 1. The van der Waals surface area contributed by atoms with E-state index in [1.807, 2.05) is 0 Å². The van der Waals surface area contributed by atoms with E-state index in [-0.39, 0.29) is 6.04 Å². The number of benzene rings is 1. The topological polar surface area (TPSA) is 29.3 Å². The fourth-order valence-electron chi connectivity index (χ4n) is 2.68. The van der Waals surface area contributed by atoms with Crippen molar-refractivity contribution in [2.75, 3.05) is 13.1 Å². The van der Waals surface area contributed by atoms with E-state index in [0.29, 0.717) is 6.04 Å². The zero-order chi connectivity index (χ0) is 13.1. The Hall–Kier alpha value is -0.860. The van der Waals surface area contributed by atoms with Gasteiger partial charge in [-0.05, 0) is 44.7 Å². The molecule has 0 radical (unpaired) electrons. The van der Waals surface area contributed by atoms with Crippen molar-refractivity contribution >= 4 is 0 Å². The van der Waals surface area contributed by atoms with Crippen LogP contribution >= 0.6 is 0 Å². The minimum atomic E-state index is 0.173. The Kier molecular flexibility index (Phi) is 4.41. The van der Waals surface area contributed by atoms with Crippen LogP contribution in [0.3, 0.4) is 0 Å². The molecule has 2 atom stereocenters. The number of nitrogens with two attached hydrogens (primary N) is 1. The number of aryl methyl sites for hydroxylation is 1. The van der Waals surface area contributed by atoms with Gasteiger partial charge in [0, 0.05) is 18.6 Å². The molecule has 1 aliphatic carbocycles. The van der Waals surface area contributed by atoms with Gasteiger partial charge in [-0.3, -0.25) is 4.90 Å². The summed E-state index contributed by atoms with van der Waals surface area (Å²) >= 11 is 0. The summed E-state index contributed by atoms with van der Waals surface area (Å²) in [5.41, 5.74) is 8.91. The van der Waals surface area contributed by atoms with Gasteiger partial charge in [-0.2, -0.15) is 0 Å². The SMILES string of the molecule is CCN(CC1CC1)C(c1ccc(C)cc1)C(C)N. The Morgan fingerprint density at radius 3 is 2.33 bits per heavy atom. The van der Waals surface area contributed by atoms with Crippen molar-refractivity contribution in [2.45, 2.75) is 45.7 Å². The number of likely N-dealkylation sites (N-methyl/N-ethyl adjacent to an activating group) is 1. The highest BCUT2D eigenvalue weighted by molar-refractivity contribution is 5.25. The van der Waals surface area contributed by atoms with E-state index >= 15 is 0 Å². The van der Waals surface area contributed by atoms with Gasteiger partial charge in [0.2, 0.25) is 0 Å². The normalized spacial score (nSPS) is 18.9. The van der Waals surface area contributed by atoms with E-state index in [0.717, 1.165) is 12.5 Å². The van der Waals surface area contributed by atoms with Gasteiger partial charge in [0.15, 0.2) is 0 Å². The third-order valence-corrected chi connectivity index (χ3v) is 3.91. The first-order valence-corrected chi connectivity index (χ1v) is 7.18. The first-order valence-electron chi connectivity index (χ1n) is 7.18. The maximum Gasteiger partial charge on any atom is 0.0496 e. The highest BCUT2D eigenvalue weighted by atomic mass is 15.2. The molecule has 0 heterocycles. The molecule has 0 amide bonds. The average molecular weight is 246 g/mol. The van der Waals surface area contributed by atoms with Crippen molar-refractivity contribution in [3.05, 3.63) is 35.4 Å². The Balaban J connectivity index is 2.16. The Morgan fingerprint density at radius 2 is 1.89 bits per heavy atom. The molecule has 0 spiro atoms. The van der Waals surface area contributed by atoms with Crippen molar-refractivity contribution in [3.8, 4) is 0 Å². The van der Waals surface area contributed by atoms with Crippen LogP contribution < -0.4 is 5.73 Å². The molecule has 0 bridgehead atoms. The summed E-state index contributed by atoms with van der Waals surface area (Å²) < 4.78 is 0. The van der Waals surface area contributed by atoms with Crippen molar-refractivity contribution in [2.24, 2.45) is 11.7 Å². The van der Waals surface area contributed by atoms with E-state index in [2.05, 4.69) is 49.9 Å². The molecule has 1 aromatic carbocycles. The van der Waals surface area contributed by atoms with Crippen molar-refractivity contribution in [1.29, 1.82) is 0 Å². The summed E-state index contributed by atoms with van der Waals surface area (Å²) in [4.78, 5) is 2.55. The van der Waals surface area contributed by atoms with E-state index in [1.54, 1.807) is 0 Å². The molecule has 100 valence electrons. The molecule has 2 rings (SSSR count). The Bertz CT molecular complexity index is 365. The van der Waals surface area contributed by atoms with Crippen molar-refractivity contribution in [3.63, 3.8) is 0 Å². The summed E-state index contributed by atoms with van der Waals surface area (Å²) in [6.07, 6.45) is 2.80. The molecule has 0 saturated heterocycles. The van der Waals surface area contributed by atoms with Gasteiger partial charge in [-0.15, -0.1) is 0 Å². The second-order valence-electron chi connectivity index (χ2n) is 5.75. The molecule has 0 aliphatic heterocycles. The maximum absolute atomic E-state index is 6.24. The fraction of sp³-hybridized carbons (Fsp3) is 0.625. The lowest BCUT2D eigenvalue weighted by Crippen LogP contribution is -2.40. The number of hydrogen-bond donors (Lipinski definition) is 1. The molecule has 2 unspecified atom stereocenters. The van der Waals surface area contributed by atoms with Gasteiger partial charge in [0.1, 0.15) is 0 Å². The quantitative estimate of drug-likeness (QED) is 0.835. The average Bonchev–Trinajstić information content (AvgIpc) is 3.14. The first kappa shape index (κ1) is 13.6. The predicted molar refractivity (Wildman–Crippen MR) is 77.5 cm³/mol. The summed E-state index contributed by atoms with van der Waals surface area (Å²) in [6.45, 7) is 8.78. The smallest absolute Gasteiger partial charge is 0.0496 e. The van der Waals surface area contributed by atoms with E-state index in [4.69, 9.17) is 5.73 Å². The van der Waals surface area contributed by atoms with Gasteiger partial charge in [0.25, 0.3) is 0 Å². The van der Waals surface area contributed by atoms with Gasteiger partial charge < -0.3 is 5.73 Å². The zero-order valence-corrected chi connectivity index (χ0v) is 11.9. The zero-order valence-electron chi connectivity index (χ0n) is 11.9. The molecule has 1 fully saturated rings. The Morgan fingerprint density at radius 1 is 1.28 bits per heavy atom. The highest BCUT2D eigenvalue weighted by Crippen LogP contribution is 2.33. The number of rotatable bonds is 6. The van der Waals surface area contributed by atoms with Crippen LogP contribution in [0.15, 0.2) is 24.3 Å². The minimum absolute atomic E-state index is 0.173. The molecule has 2 N–H and O–H groups in total. The van der Waals surface area contributed by atoms with E-state index in [9.17, 15) is 0 Å². The lowest BCUT2D eigenvalue weighted by atomic mass is 9.98. The molecule has 2 nitrogen and oxygen atoms in total. The maximum atomic E-state index is 6.24. The monoisotopic (exact) mass is 246 g/mol. The van der Waals surface area contributed by atoms with Crippen LogP contribution in [0, 0.1) is 12.8 Å². The molecule has 18 heavy (non-hydrogen) atoms. The second kappa shape index (κ2) is 5.85. The van der Waals surface area contributed by atoms with Gasteiger partial charge in [-0.1, -0.05) is 36.8 Å². The minimum Gasteiger partial charge on any atom is -0.326 e. The molecule has 1 aromatic rings. The van der Waals surface area contributed by atoms with Gasteiger partial charge >= 0.3 is 0 Å². The molecule has 2 heteroatoms. The third-order valence-electron chi connectivity index (χ3n) is 3.91. The van der Waals surface area contributed by atoms with Crippen LogP contribution in [0.1, 0.15) is 43.9 Å². The largest absolute Gasteiger partial charge is 0.326 e. The van der Waals surface area contributed by atoms with Crippen LogP contribution in [-0.4, -0.2) is 24.0 Å². The molecule has 0 aromatic heterocycles. The lowest BCUT2D eigenvalue weighted by molar-refractivity contribution is 0.178. The van der Waals surface area contributed by atoms with Gasteiger partial charge in [0.05, 0.1) is 0 Å². The second-order valence-corrected chi connectivity index (χ2v) is 5.75. The van der Waals surface area contributed by atoms with Crippen LogP contribution in [0.25, 0.3) is 0 Å². The third kappa shape index (κ3) is 3.33. The standard InChI is InChI=1S/C16H26N2/c1-4-18(11-14-7-8-14)16(13(3)17)15-9-5-12(2)6-10-15/h5-6,9-10,13-14,16H,4,7-8,11,17H2,1-3H3. The lowest BCUT2D eigenvalue weighted by Gasteiger charge is -2.34. The van der Waals surface area contributed by atoms with E-state index < -0.39 is 0 Å². The summed E-state index contributed by atoms with van der Waals surface area (Å²) in [7, 11) is 0. The van der Waals surface area contributed by atoms with Crippen LogP contribution in [0.2, 0.25) is 0 Å². The molecular weight excluding hydrogens is 220 g/mol. The molecular formula is C16H26N2. The van der Waals surface area contributed by atoms with Crippen molar-refractivity contribution in [1.82, 2.24) is 4.90 Å². The van der Waals surface area contributed by atoms with Gasteiger partial charge in [-0.25, -0.2) is 0 Å². The molecule has 1 aliphatic rings. The highest BCUT2D eigenvalue weighted by Gasteiger charge is 2.29. The first-order chi connectivity index (χ1) is 8.61. The summed E-state index contributed by atoms with van der Waals surface area (Å²) in [6, 6.07) is 9.38. The molecule has 1 saturated carbocycles. The number of hydrogen-bond acceptors (Lipinski definition) is 2. The Labute approximate surface area is 111 Å².